The quantitative estimate of drug-likeness (QED) is 0.453. The maximum absolute atomic E-state index is 13.4. The lowest BCUT2D eigenvalue weighted by molar-refractivity contribution is -0.136. The van der Waals surface area contributed by atoms with Crippen molar-refractivity contribution in [3.63, 3.8) is 0 Å². The Labute approximate surface area is 180 Å². The van der Waals surface area contributed by atoms with Gasteiger partial charge >= 0.3 is 6.18 Å². The van der Waals surface area contributed by atoms with Crippen molar-refractivity contribution in [3.8, 4) is 11.6 Å². The summed E-state index contributed by atoms with van der Waals surface area (Å²) in [5.41, 5.74) is -0.699. The molecule has 0 spiro atoms. The monoisotopic (exact) mass is 438 g/mol. The number of carbonyl (C=O) groups is 1. The van der Waals surface area contributed by atoms with E-state index in [0.29, 0.717) is 10.9 Å². The molecule has 0 aliphatic rings. The molecule has 1 atom stereocenters. The number of nitrogens with one attached hydrogen (secondary N) is 1. The molecular weight excluding hydrogens is 421 g/mol. The van der Waals surface area contributed by atoms with Gasteiger partial charge in [-0.25, -0.2) is 15.0 Å². The number of ketones is 1. The maximum atomic E-state index is 13.4. The van der Waals surface area contributed by atoms with Crippen molar-refractivity contribution in [1.29, 1.82) is 0 Å². The molecule has 0 saturated heterocycles. The van der Waals surface area contributed by atoms with E-state index in [1.165, 1.54) is 24.5 Å². The molecule has 9 heteroatoms. The first-order chi connectivity index (χ1) is 15.2. The van der Waals surface area contributed by atoms with Gasteiger partial charge in [-0.2, -0.15) is 13.2 Å². The first kappa shape index (κ1) is 21.4. The molecule has 2 heterocycles. The van der Waals surface area contributed by atoms with Crippen molar-refractivity contribution in [2.24, 2.45) is 0 Å². The van der Waals surface area contributed by atoms with Crippen LogP contribution in [0.5, 0.6) is 0 Å². The van der Waals surface area contributed by atoms with Gasteiger partial charge in [0.1, 0.15) is 5.69 Å². The Balaban J connectivity index is 1.66. The van der Waals surface area contributed by atoms with Crippen LogP contribution in [0.1, 0.15) is 40.9 Å². The van der Waals surface area contributed by atoms with Gasteiger partial charge in [-0.1, -0.05) is 37.3 Å². The topological polar surface area (TPSA) is 88.6 Å². The second-order valence-electron chi connectivity index (χ2n) is 7.33. The smallest absolute Gasteiger partial charge is 0.304 e. The Bertz CT molecular complexity index is 1350. The SMILES string of the molecule is C[C@@H](CC(=O)c1cc(=O)[nH]c(-c2ncccn2)n1)c1ccc(C(F)(F)F)c2ccccc12. The van der Waals surface area contributed by atoms with Gasteiger partial charge in [0.05, 0.1) is 5.56 Å². The minimum Gasteiger partial charge on any atom is -0.304 e. The van der Waals surface area contributed by atoms with Crippen LogP contribution in [0, 0.1) is 0 Å². The second kappa shape index (κ2) is 8.33. The number of hydrogen-bond donors (Lipinski definition) is 1. The van der Waals surface area contributed by atoms with Crippen molar-refractivity contribution < 1.29 is 18.0 Å². The van der Waals surface area contributed by atoms with Crippen molar-refractivity contribution >= 4 is 16.6 Å². The van der Waals surface area contributed by atoms with Gasteiger partial charge in [-0.3, -0.25) is 9.59 Å². The highest BCUT2D eigenvalue weighted by Gasteiger charge is 2.33. The van der Waals surface area contributed by atoms with E-state index in [0.717, 1.165) is 12.1 Å². The standard InChI is InChI=1S/C23H17F3N4O2/c1-13(14-7-8-17(23(24,25)26)16-6-3-2-5-15(14)16)11-19(31)18-12-20(32)30-22(29-18)21-27-9-4-10-28-21/h2-10,12-13H,11H2,1H3,(H,29,30,32)/t13-/m0/s1. The number of hydrogen-bond acceptors (Lipinski definition) is 5. The van der Waals surface area contributed by atoms with Gasteiger partial charge in [0.2, 0.25) is 0 Å². The summed E-state index contributed by atoms with van der Waals surface area (Å²) < 4.78 is 40.2. The molecule has 32 heavy (non-hydrogen) atoms. The molecule has 162 valence electrons. The number of rotatable bonds is 5. The van der Waals surface area contributed by atoms with Gasteiger partial charge in [-0.05, 0) is 34.4 Å². The van der Waals surface area contributed by atoms with E-state index in [4.69, 9.17) is 0 Å². The number of benzene rings is 2. The highest BCUT2D eigenvalue weighted by Crippen LogP contribution is 2.38. The summed E-state index contributed by atoms with van der Waals surface area (Å²) in [5.74, 6) is -0.591. The molecule has 0 saturated carbocycles. The highest BCUT2D eigenvalue weighted by atomic mass is 19.4. The first-order valence-corrected chi connectivity index (χ1v) is 9.75. The first-order valence-electron chi connectivity index (χ1n) is 9.75. The molecule has 0 unspecified atom stereocenters. The molecule has 6 nitrogen and oxygen atoms in total. The third-order valence-electron chi connectivity index (χ3n) is 5.09. The lowest BCUT2D eigenvalue weighted by Gasteiger charge is -2.17. The van der Waals surface area contributed by atoms with Gasteiger partial charge < -0.3 is 4.98 Å². The average molecular weight is 438 g/mol. The number of carbonyl (C=O) groups excluding carboxylic acids is 1. The number of halogens is 3. The lowest BCUT2D eigenvalue weighted by Crippen LogP contribution is -2.16. The van der Waals surface area contributed by atoms with Gasteiger partial charge in [0.25, 0.3) is 5.56 Å². The predicted octanol–water partition coefficient (Wildman–Crippen LogP) is 4.78. The molecule has 0 fully saturated rings. The van der Waals surface area contributed by atoms with Crippen molar-refractivity contribution in [2.75, 3.05) is 0 Å². The largest absolute Gasteiger partial charge is 0.417 e. The Morgan fingerprint density at radius 1 is 1.03 bits per heavy atom. The molecular formula is C23H17F3N4O2. The fourth-order valence-corrected chi connectivity index (χ4v) is 3.62. The second-order valence-corrected chi connectivity index (χ2v) is 7.33. The Kier molecular flexibility index (Phi) is 5.56. The number of aromatic nitrogens is 4. The third kappa shape index (κ3) is 4.27. The summed E-state index contributed by atoms with van der Waals surface area (Å²) in [6, 6.07) is 11.4. The number of fused-ring (bicyclic) bond motifs is 1. The summed E-state index contributed by atoms with van der Waals surface area (Å²) in [4.78, 5) is 39.6. The van der Waals surface area contributed by atoms with E-state index >= 15 is 0 Å². The number of Topliss-reactive ketones (excluding diaryl/α,β-unsaturated/α-hetero) is 1. The van der Waals surface area contributed by atoms with Crippen LogP contribution in [-0.2, 0) is 6.18 Å². The van der Waals surface area contributed by atoms with Crippen molar-refractivity contribution in [1.82, 2.24) is 19.9 Å². The van der Waals surface area contributed by atoms with E-state index < -0.39 is 29.0 Å². The van der Waals surface area contributed by atoms with Crippen LogP contribution in [0.25, 0.3) is 22.4 Å². The van der Waals surface area contributed by atoms with Crippen LogP contribution in [0.4, 0.5) is 13.2 Å². The molecule has 0 amide bonds. The van der Waals surface area contributed by atoms with Crippen LogP contribution >= 0.6 is 0 Å². The molecule has 4 rings (SSSR count). The minimum absolute atomic E-state index is 0.0408. The van der Waals surface area contributed by atoms with Crippen molar-refractivity contribution in [3.05, 3.63) is 88.1 Å². The fourth-order valence-electron chi connectivity index (χ4n) is 3.62. The van der Waals surface area contributed by atoms with Crippen molar-refractivity contribution in [2.45, 2.75) is 25.4 Å². The Hall–Kier alpha value is -3.88. The Morgan fingerprint density at radius 3 is 2.41 bits per heavy atom. The summed E-state index contributed by atoms with van der Waals surface area (Å²) in [6.45, 7) is 1.75. The lowest BCUT2D eigenvalue weighted by atomic mass is 9.89. The van der Waals surface area contributed by atoms with Gasteiger partial charge in [-0.15, -0.1) is 0 Å². The zero-order chi connectivity index (χ0) is 22.9. The number of H-pyrrole nitrogens is 1. The van der Waals surface area contributed by atoms with Crippen LogP contribution in [0.15, 0.2) is 65.7 Å². The van der Waals surface area contributed by atoms with Crippen LogP contribution in [0.3, 0.4) is 0 Å². The Morgan fingerprint density at radius 2 is 1.72 bits per heavy atom. The molecule has 2 aromatic heterocycles. The average Bonchev–Trinajstić information content (AvgIpc) is 2.77. The van der Waals surface area contributed by atoms with Gasteiger partial charge in [0, 0.05) is 24.9 Å². The van der Waals surface area contributed by atoms with E-state index in [1.807, 2.05) is 0 Å². The molecule has 0 radical (unpaired) electrons. The number of nitrogens with zero attached hydrogens (tertiary/aromatic N) is 3. The highest BCUT2D eigenvalue weighted by molar-refractivity contribution is 5.96. The van der Waals surface area contributed by atoms with E-state index in [1.54, 1.807) is 31.2 Å². The summed E-state index contributed by atoms with van der Waals surface area (Å²) in [7, 11) is 0. The summed E-state index contributed by atoms with van der Waals surface area (Å²) in [6.07, 6.45) is -1.56. The van der Waals surface area contributed by atoms with Gasteiger partial charge in [0.15, 0.2) is 17.4 Å². The third-order valence-corrected chi connectivity index (χ3v) is 5.09. The fraction of sp³-hybridized carbons (Fsp3) is 0.174. The number of alkyl halides is 3. The normalized spacial score (nSPS) is 12.6. The molecule has 0 aliphatic carbocycles. The van der Waals surface area contributed by atoms with Crippen LogP contribution in [0.2, 0.25) is 0 Å². The minimum atomic E-state index is -4.48. The maximum Gasteiger partial charge on any atom is 0.417 e. The van der Waals surface area contributed by atoms with Crippen LogP contribution < -0.4 is 5.56 Å². The van der Waals surface area contributed by atoms with E-state index in [2.05, 4.69) is 19.9 Å². The summed E-state index contributed by atoms with van der Waals surface area (Å²) in [5, 5.41) is 0.509. The molecule has 4 aromatic rings. The molecule has 2 aromatic carbocycles. The molecule has 1 N–H and O–H groups in total. The molecule has 0 bridgehead atoms. The summed E-state index contributed by atoms with van der Waals surface area (Å²) >= 11 is 0. The number of aromatic amines is 1. The van der Waals surface area contributed by atoms with Crippen LogP contribution in [-0.4, -0.2) is 25.7 Å². The zero-order valence-electron chi connectivity index (χ0n) is 16.8. The predicted molar refractivity (Wildman–Crippen MR) is 112 cm³/mol. The zero-order valence-corrected chi connectivity index (χ0v) is 16.8. The van der Waals surface area contributed by atoms with E-state index in [-0.39, 0.29) is 29.1 Å². The van der Waals surface area contributed by atoms with E-state index in [9.17, 15) is 22.8 Å². The molecule has 0 aliphatic heterocycles.